The molecule has 0 aromatic heterocycles. The zero-order chi connectivity index (χ0) is 22.8. The van der Waals surface area contributed by atoms with Crippen LogP contribution in [0, 0.1) is 0 Å². The van der Waals surface area contributed by atoms with Crippen molar-refractivity contribution in [3.8, 4) is 0 Å². The summed E-state index contributed by atoms with van der Waals surface area (Å²) in [7, 11) is 0. The highest BCUT2D eigenvalue weighted by molar-refractivity contribution is 5.80. The molecule has 0 aliphatic carbocycles. The molecule has 0 aliphatic heterocycles. The van der Waals surface area contributed by atoms with E-state index < -0.39 is 0 Å². The van der Waals surface area contributed by atoms with Gasteiger partial charge in [0.25, 0.3) is 0 Å². The molecule has 0 heterocycles. The number of rotatable bonds is 20. The Hall–Kier alpha value is -2.20. The third kappa shape index (κ3) is 20.8. The van der Waals surface area contributed by atoms with E-state index in [0.717, 1.165) is 51.4 Å². The third-order valence-corrected chi connectivity index (χ3v) is 4.47. The van der Waals surface area contributed by atoms with Gasteiger partial charge in [-0.05, 0) is 64.5 Å². The molecule has 0 aliphatic rings. The van der Waals surface area contributed by atoms with Crippen LogP contribution in [-0.2, 0) is 9.53 Å². The van der Waals surface area contributed by atoms with E-state index in [2.05, 4.69) is 84.7 Å². The highest BCUT2D eigenvalue weighted by Gasteiger charge is 2.15. The number of amides is 1. The maximum Gasteiger partial charge on any atom is 0.249 e. The third-order valence-electron chi connectivity index (χ3n) is 4.47. The van der Waals surface area contributed by atoms with E-state index in [1.807, 2.05) is 6.92 Å². The van der Waals surface area contributed by atoms with Gasteiger partial charge in [-0.25, -0.2) is 0 Å². The van der Waals surface area contributed by atoms with Gasteiger partial charge in [-0.2, -0.15) is 0 Å². The smallest absolute Gasteiger partial charge is 0.249 e. The standard InChI is InChI=1S/C27H44N2O2/c1-4-6-7-8-9-10-11-12-13-14-15-16-17-18-19-20-21-22-25-31-26(5-2)27(30)29-24-23-28-3/h6-7,9-10,12-13,15-16,18-19,26H,3-5,8,11,14,17,20-25H2,1-2H3,(H,29,30)/b7-6-,10-9-,13-12-,16-15-,19-18-. The van der Waals surface area contributed by atoms with Crippen molar-refractivity contribution >= 4 is 12.6 Å². The number of hydrogen-bond acceptors (Lipinski definition) is 3. The minimum absolute atomic E-state index is 0.0519. The molecular formula is C27H44N2O2. The Labute approximate surface area is 190 Å². The molecule has 1 amide bonds. The first kappa shape index (κ1) is 28.8. The van der Waals surface area contributed by atoms with Crippen molar-refractivity contribution in [3.63, 3.8) is 0 Å². The van der Waals surface area contributed by atoms with Crippen molar-refractivity contribution < 1.29 is 9.53 Å². The van der Waals surface area contributed by atoms with Gasteiger partial charge in [0.2, 0.25) is 5.91 Å². The van der Waals surface area contributed by atoms with E-state index in [0.29, 0.717) is 26.1 Å². The normalized spacial score (nSPS) is 13.4. The first-order chi connectivity index (χ1) is 15.3. The first-order valence-electron chi connectivity index (χ1n) is 11.8. The van der Waals surface area contributed by atoms with E-state index in [-0.39, 0.29) is 12.0 Å². The zero-order valence-corrected chi connectivity index (χ0v) is 19.8. The van der Waals surface area contributed by atoms with Gasteiger partial charge in [-0.3, -0.25) is 9.79 Å². The molecule has 0 radical (unpaired) electrons. The van der Waals surface area contributed by atoms with Gasteiger partial charge in [0.15, 0.2) is 0 Å². The Morgan fingerprint density at radius 1 is 0.871 bits per heavy atom. The molecule has 1 atom stereocenters. The number of unbranched alkanes of at least 4 members (excludes halogenated alkanes) is 2. The molecule has 174 valence electrons. The van der Waals surface area contributed by atoms with Crippen LogP contribution in [0.3, 0.4) is 0 Å². The van der Waals surface area contributed by atoms with Crippen molar-refractivity contribution in [3.05, 3.63) is 60.8 Å². The van der Waals surface area contributed by atoms with Crippen LogP contribution in [0.4, 0.5) is 0 Å². The van der Waals surface area contributed by atoms with Crippen LogP contribution in [0.1, 0.15) is 71.6 Å². The zero-order valence-electron chi connectivity index (χ0n) is 19.8. The average molecular weight is 429 g/mol. The van der Waals surface area contributed by atoms with Crippen LogP contribution in [0.25, 0.3) is 0 Å². The number of allylic oxidation sites excluding steroid dienone is 10. The topological polar surface area (TPSA) is 50.7 Å². The van der Waals surface area contributed by atoms with E-state index in [1.165, 1.54) is 0 Å². The molecule has 0 spiro atoms. The number of nitrogens with one attached hydrogen (secondary N) is 1. The van der Waals surface area contributed by atoms with Gasteiger partial charge in [0, 0.05) is 13.2 Å². The summed E-state index contributed by atoms with van der Waals surface area (Å²) >= 11 is 0. The number of aliphatic imine (C=N–C) groups is 1. The lowest BCUT2D eigenvalue weighted by atomic mass is 10.2. The van der Waals surface area contributed by atoms with Gasteiger partial charge in [-0.15, -0.1) is 0 Å². The minimum Gasteiger partial charge on any atom is -0.368 e. The van der Waals surface area contributed by atoms with Gasteiger partial charge in [-0.1, -0.05) is 74.6 Å². The Morgan fingerprint density at radius 3 is 1.94 bits per heavy atom. The van der Waals surface area contributed by atoms with Gasteiger partial charge < -0.3 is 10.1 Å². The molecule has 1 N–H and O–H groups in total. The fraction of sp³-hybridized carbons (Fsp3) is 0.556. The molecule has 0 fully saturated rings. The highest BCUT2D eigenvalue weighted by atomic mass is 16.5. The van der Waals surface area contributed by atoms with Crippen molar-refractivity contribution in [2.75, 3.05) is 19.7 Å². The predicted molar refractivity (Wildman–Crippen MR) is 136 cm³/mol. The second kappa shape index (κ2) is 24.1. The number of nitrogens with zero attached hydrogens (tertiary/aromatic N) is 1. The number of ether oxygens (including phenoxy) is 1. The van der Waals surface area contributed by atoms with Crippen LogP contribution >= 0.6 is 0 Å². The van der Waals surface area contributed by atoms with Crippen LogP contribution in [0.2, 0.25) is 0 Å². The van der Waals surface area contributed by atoms with Crippen LogP contribution < -0.4 is 5.32 Å². The van der Waals surface area contributed by atoms with Crippen molar-refractivity contribution in [2.24, 2.45) is 4.99 Å². The van der Waals surface area contributed by atoms with Crippen LogP contribution in [0.15, 0.2) is 65.8 Å². The summed E-state index contributed by atoms with van der Waals surface area (Å²) < 4.78 is 5.71. The molecular weight excluding hydrogens is 384 g/mol. The van der Waals surface area contributed by atoms with Crippen LogP contribution in [-0.4, -0.2) is 38.4 Å². The van der Waals surface area contributed by atoms with E-state index in [9.17, 15) is 4.79 Å². The Balaban J connectivity index is 3.63. The number of carbonyl (C=O) groups is 1. The fourth-order valence-corrected chi connectivity index (χ4v) is 2.71. The summed E-state index contributed by atoms with van der Waals surface area (Å²) in [6.07, 6.45) is 30.7. The summed E-state index contributed by atoms with van der Waals surface area (Å²) in [6, 6.07) is 0. The average Bonchev–Trinajstić information content (AvgIpc) is 2.78. The second-order valence-corrected chi connectivity index (χ2v) is 7.21. The first-order valence-corrected chi connectivity index (χ1v) is 11.8. The molecule has 4 nitrogen and oxygen atoms in total. The highest BCUT2D eigenvalue weighted by Crippen LogP contribution is 2.04. The lowest BCUT2D eigenvalue weighted by Gasteiger charge is -2.15. The lowest BCUT2D eigenvalue weighted by Crippen LogP contribution is -2.37. The number of hydrogen-bond donors (Lipinski definition) is 1. The van der Waals surface area contributed by atoms with E-state index in [1.54, 1.807) is 0 Å². The summed E-state index contributed by atoms with van der Waals surface area (Å²) in [6.45, 7) is 9.20. The quantitative estimate of drug-likeness (QED) is 0.136. The minimum atomic E-state index is -0.362. The Bertz CT molecular complexity index is 574. The van der Waals surface area contributed by atoms with Gasteiger partial charge in [0.1, 0.15) is 6.10 Å². The largest absolute Gasteiger partial charge is 0.368 e. The van der Waals surface area contributed by atoms with Crippen molar-refractivity contribution in [1.82, 2.24) is 5.32 Å². The summed E-state index contributed by atoms with van der Waals surface area (Å²) in [4.78, 5) is 15.7. The van der Waals surface area contributed by atoms with Crippen molar-refractivity contribution in [2.45, 2.75) is 77.7 Å². The molecule has 1 unspecified atom stereocenters. The van der Waals surface area contributed by atoms with Gasteiger partial charge in [0.05, 0.1) is 6.54 Å². The van der Waals surface area contributed by atoms with Crippen LogP contribution in [0.5, 0.6) is 0 Å². The molecule has 4 heteroatoms. The molecule has 0 aromatic rings. The maximum absolute atomic E-state index is 11.9. The molecule has 0 aromatic carbocycles. The molecule has 0 bridgehead atoms. The Morgan fingerprint density at radius 2 is 1.42 bits per heavy atom. The summed E-state index contributed by atoms with van der Waals surface area (Å²) in [5.41, 5.74) is 0. The molecule has 0 saturated carbocycles. The summed E-state index contributed by atoms with van der Waals surface area (Å²) in [5, 5.41) is 2.82. The molecule has 0 rings (SSSR count). The van der Waals surface area contributed by atoms with Gasteiger partial charge >= 0.3 is 0 Å². The number of carbonyl (C=O) groups excluding carboxylic acids is 1. The summed E-state index contributed by atoms with van der Waals surface area (Å²) in [5.74, 6) is -0.0519. The predicted octanol–water partition coefficient (Wildman–Crippen LogP) is 6.52. The maximum atomic E-state index is 11.9. The lowest BCUT2D eigenvalue weighted by molar-refractivity contribution is -0.133. The molecule has 31 heavy (non-hydrogen) atoms. The Kier molecular flexibility index (Phi) is 22.4. The van der Waals surface area contributed by atoms with Crippen molar-refractivity contribution in [1.29, 1.82) is 0 Å². The van der Waals surface area contributed by atoms with E-state index >= 15 is 0 Å². The fourth-order valence-electron chi connectivity index (χ4n) is 2.71. The second-order valence-electron chi connectivity index (χ2n) is 7.21. The molecule has 0 saturated heterocycles. The van der Waals surface area contributed by atoms with E-state index in [4.69, 9.17) is 4.74 Å². The SMILES string of the molecule is C=NCCNC(=O)C(CC)OCCCC/C=C\C/C=C\C/C=C\C/C=C\C/C=C\CC. The monoisotopic (exact) mass is 428 g/mol.